The Morgan fingerprint density at radius 1 is 1.21 bits per heavy atom. The Morgan fingerprint density at radius 2 is 1.96 bits per heavy atom. The van der Waals surface area contributed by atoms with Crippen LogP contribution in [0.4, 0.5) is 0 Å². The minimum atomic E-state index is -3.69. The summed E-state index contributed by atoms with van der Waals surface area (Å²) < 4.78 is 34.8. The lowest BCUT2D eigenvalue weighted by Gasteiger charge is -2.04. The molecule has 28 heavy (non-hydrogen) atoms. The molecule has 0 aliphatic heterocycles. The number of carbonyl (C=O) groups is 1. The topological polar surface area (TPSA) is 111 Å². The van der Waals surface area contributed by atoms with Gasteiger partial charge in [0.05, 0.1) is 12.0 Å². The number of rotatable bonds is 7. The Labute approximate surface area is 166 Å². The number of hydrogen-bond donors (Lipinski definition) is 1. The Bertz CT molecular complexity index is 1080. The van der Waals surface area contributed by atoms with E-state index in [0.29, 0.717) is 10.8 Å². The van der Waals surface area contributed by atoms with E-state index in [-0.39, 0.29) is 23.2 Å². The summed E-state index contributed by atoms with van der Waals surface area (Å²) in [6.07, 6.45) is 0. The molecule has 0 radical (unpaired) electrons. The van der Waals surface area contributed by atoms with Crippen molar-refractivity contribution >= 4 is 27.3 Å². The van der Waals surface area contributed by atoms with Crippen LogP contribution in [-0.4, -0.2) is 31.6 Å². The zero-order valence-electron chi connectivity index (χ0n) is 14.8. The Morgan fingerprint density at radius 3 is 2.68 bits per heavy atom. The molecule has 0 unspecified atom stereocenters. The van der Waals surface area contributed by atoms with Gasteiger partial charge in [-0.3, -0.25) is 4.79 Å². The van der Waals surface area contributed by atoms with Crippen molar-refractivity contribution in [2.24, 2.45) is 0 Å². The number of aromatic nitrogens is 2. The predicted molar refractivity (Wildman–Crippen MR) is 101 cm³/mol. The smallest absolute Gasteiger partial charge is 0.315 e. The van der Waals surface area contributed by atoms with Gasteiger partial charge in [-0.05, 0) is 42.0 Å². The second-order valence-electron chi connectivity index (χ2n) is 5.76. The highest BCUT2D eigenvalue weighted by atomic mass is 35.5. The molecule has 146 valence electrons. The monoisotopic (exact) mass is 421 g/mol. The van der Waals surface area contributed by atoms with Crippen LogP contribution in [0.1, 0.15) is 22.1 Å². The van der Waals surface area contributed by atoms with E-state index in [9.17, 15) is 13.2 Å². The van der Waals surface area contributed by atoms with Crippen molar-refractivity contribution < 1.29 is 22.5 Å². The molecule has 1 heterocycles. The largest absolute Gasteiger partial charge is 0.497 e. The maximum atomic E-state index is 12.4. The average molecular weight is 422 g/mol. The van der Waals surface area contributed by atoms with Crippen LogP contribution in [-0.2, 0) is 22.1 Å². The molecule has 8 nitrogen and oxygen atoms in total. The molecule has 2 aromatic carbocycles. The molecule has 0 saturated heterocycles. The van der Waals surface area contributed by atoms with Gasteiger partial charge in [-0.2, -0.15) is 4.98 Å². The summed E-state index contributed by atoms with van der Waals surface area (Å²) in [7, 11) is -2.14. The third-order valence-electron chi connectivity index (χ3n) is 3.74. The van der Waals surface area contributed by atoms with Crippen LogP contribution in [0.25, 0.3) is 0 Å². The molecule has 10 heteroatoms. The Balaban J connectivity index is 1.64. The van der Waals surface area contributed by atoms with Gasteiger partial charge in [-0.25, -0.2) is 8.42 Å². The first-order valence-corrected chi connectivity index (χ1v) is 10.1. The summed E-state index contributed by atoms with van der Waals surface area (Å²) in [5.41, 5.74) is 0.817. The quantitative estimate of drug-likeness (QED) is 0.624. The molecule has 1 aromatic heterocycles. The van der Waals surface area contributed by atoms with E-state index >= 15 is 0 Å². The third-order valence-corrected chi connectivity index (χ3v) is 5.62. The summed E-state index contributed by atoms with van der Waals surface area (Å²) in [5, 5.41) is 6.63. The van der Waals surface area contributed by atoms with Gasteiger partial charge in [-0.1, -0.05) is 28.9 Å². The van der Waals surface area contributed by atoms with E-state index in [1.54, 1.807) is 25.3 Å². The predicted octanol–water partition coefficient (Wildman–Crippen LogP) is 2.64. The summed E-state index contributed by atoms with van der Waals surface area (Å²) in [5.74, 6) is -0.864. The highest BCUT2D eigenvalue weighted by molar-refractivity contribution is 7.90. The fourth-order valence-electron chi connectivity index (χ4n) is 2.34. The number of nitrogens with zero attached hydrogens (tertiary/aromatic N) is 2. The van der Waals surface area contributed by atoms with Crippen LogP contribution in [0.3, 0.4) is 0 Å². The number of nitrogens with one attached hydrogen (secondary N) is 1. The highest BCUT2D eigenvalue weighted by Crippen LogP contribution is 2.18. The number of amides is 1. The van der Waals surface area contributed by atoms with Crippen molar-refractivity contribution in [3.63, 3.8) is 0 Å². The molecule has 3 aromatic rings. The SMILES string of the molecule is COc1cccc(CNC(=O)c2nc(CS(=O)(=O)c3ccc(Cl)cc3)no2)c1. The van der Waals surface area contributed by atoms with E-state index in [1.165, 1.54) is 24.3 Å². The van der Waals surface area contributed by atoms with Gasteiger partial charge in [0.15, 0.2) is 15.7 Å². The number of methoxy groups -OCH3 is 1. The van der Waals surface area contributed by atoms with Crippen LogP contribution in [0, 0.1) is 0 Å². The van der Waals surface area contributed by atoms with Crippen LogP contribution in [0.15, 0.2) is 57.9 Å². The van der Waals surface area contributed by atoms with Crippen LogP contribution in [0.2, 0.25) is 5.02 Å². The van der Waals surface area contributed by atoms with Crippen LogP contribution < -0.4 is 10.1 Å². The standard InChI is InChI=1S/C18H16ClN3O5S/c1-26-14-4-2-3-12(9-14)10-20-17(23)18-21-16(22-27-18)11-28(24,25)15-7-5-13(19)6-8-15/h2-9H,10-11H2,1H3,(H,20,23). The van der Waals surface area contributed by atoms with E-state index in [0.717, 1.165) is 5.56 Å². The van der Waals surface area contributed by atoms with Crippen LogP contribution >= 0.6 is 11.6 Å². The maximum absolute atomic E-state index is 12.4. The summed E-state index contributed by atoms with van der Waals surface area (Å²) in [6, 6.07) is 12.9. The molecule has 3 rings (SSSR count). The Kier molecular flexibility index (Phi) is 5.96. The summed E-state index contributed by atoms with van der Waals surface area (Å²) >= 11 is 5.77. The minimum absolute atomic E-state index is 0.0747. The van der Waals surface area contributed by atoms with E-state index in [4.69, 9.17) is 20.9 Å². The first kappa shape index (κ1) is 19.8. The van der Waals surface area contributed by atoms with Gasteiger partial charge < -0.3 is 14.6 Å². The minimum Gasteiger partial charge on any atom is -0.497 e. The fourth-order valence-corrected chi connectivity index (χ4v) is 3.64. The second kappa shape index (κ2) is 8.41. The van der Waals surface area contributed by atoms with Gasteiger partial charge in [0.2, 0.25) is 0 Å². The first-order valence-electron chi connectivity index (χ1n) is 8.09. The van der Waals surface area contributed by atoms with E-state index in [1.807, 2.05) is 6.07 Å². The molecule has 0 spiro atoms. The van der Waals surface area contributed by atoms with Crippen molar-refractivity contribution in [3.8, 4) is 5.75 Å². The highest BCUT2D eigenvalue weighted by Gasteiger charge is 2.21. The van der Waals surface area contributed by atoms with Crippen molar-refractivity contribution in [2.75, 3.05) is 7.11 Å². The van der Waals surface area contributed by atoms with Crippen molar-refractivity contribution in [2.45, 2.75) is 17.2 Å². The van der Waals surface area contributed by atoms with Gasteiger partial charge in [0.25, 0.3) is 0 Å². The molecule has 0 bridgehead atoms. The molecular weight excluding hydrogens is 406 g/mol. The normalized spacial score (nSPS) is 11.2. The molecule has 1 N–H and O–H groups in total. The number of halogens is 1. The summed E-state index contributed by atoms with van der Waals surface area (Å²) in [4.78, 5) is 16.1. The molecule has 0 aliphatic carbocycles. The second-order valence-corrected chi connectivity index (χ2v) is 8.19. The van der Waals surface area contributed by atoms with Crippen molar-refractivity contribution in [3.05, 3.63) is 70.8 Å². The lowest BCUT2D eigenvalue weighted by Crippen LogP contribution is -2.23. The first-order chi connectivity index (χ1) is 13.4. The lowest BCUT2D eigenvalue weighted by atomic mass is 10.2. The average Bonchev–Trinajstić information content (AvgIpc) is 3.14. The molecule has 0 atom stereocenters. The van der Waals surface area contributed by atoms with Crippen molar-refractivity contribution in [1.29, 1.82) is 0 Å². The third kappa shape index (κ3) is 4.87. The molecular formula is C18H16ClN3O5S. The number of sulfone groups is 1. The zero-order valence-corrected chi connectivity index (χ0v) is 16.3. The van der Waals surface area contributed by atoms with Gasteiger partial charge in [-0.15, -0.1) is 0 Å². The molecule has 1 amide bonds. The van der Waals surface area contributed by atoms with Gasteiger partial charge in [0.1, 0.15) is 11.5 Å². The Hall–Kier alpha value is -2.91. The lowest BCUT2D eigenvalue weighted by molar-refractivity contribution is 0.0907. The summed E-state index contributed by atoms with van der Waals surface area (Å²) in [6.45, 7) is 0.219. The van der Waals surface area contributed by atoms with E-state index in [2.05, 4.69) is 15.5 Å². The maximum Gasteiger partial charge on any atom is 0.315 e. The number of carbonyl (C=O) groups excluding carboxylic acids is 1. The van der Waals surface area contributed by atoms with Gasteiger partial charge >= 0.3 is 11.8 Å². The van der Waals surface area contributed by atoms with Crippen LogP contribution in [0.5, 0.6) is 5.75 Å². The zero-order chi connectivity index (χ0) is 20.1. The molecule has 0 aliphatic rings. The van der Waals surface area contributed by atoms with E-state index < -0.39 is 21.5 Å². The number of ether oxygens (including phenoxy) is 1. The van der Waals surface area contributed by atoms with Gasteiger partial charge in [0, 0.05) is 11.6 Å². The van der Waals surface area contributed by atoms with Crippen molar-refractivity contribution in [1.82, 2.24) is 15.5 Å². The number of benzene rings is 2. The number of hydrogen-bond acceptors (Lipinski definition) is 7. The molecule has 0 saturated carbocycles. The fraction of sp³-hybridized carbons (Fsp3) is 0.167. The molecule has 0 fully saturated rings.